The van der Waals surface area contributed by atoms with Gasteiger partial charge < -0.3 is 10.4 Å². The predicted molar refractivity (Wildman–Crippen MR) is 79.7 cm³/mol. The van der Waals surface area contributed by atoms with Crippen molar-refractivity contribution in [2.75, 3.05) is 5.32 Å². The van der Waals surface area contributed by atoms with Crippen molar-refractivity contribution in [3.8, 4) is 0 Å². The summed E-state index contributed by atoms with van der Waals surface area (Å²) in [5, 5.41) is 11.4. The third-order valence-electron chi connectivity index (χ3n) is 4.05. The fraction of sp³-hybridized carbons (Fsp3) is 0.400. The van der Waals surface area contributed by atoms with E-state index in [9.17, 15) is 14.4 Å². The molecule has 1 fully saturated rings. The minimum atomic E-state index is -0.906. The lowest BCUT2D eigenvalue weighted by molar-refractivity contribution is -0.142. The fourth-order valence-electron chi connectivity index (χ4n) is 2.77. The zero-order valence-corrected chi connectivity index (χ0v) is 12.0. The molecule has 0 unspecified atom stereocenters. The maximum absolute atomic E-state index is 11.4. The molecule has 2 amide bonds. The third kappa shape index (κ3) is 3.82. The number of nitrogens with one attached hydrogen (secondary N) is 2. The van der Waals surface area contributed by atoms with E-state index >= 15 is 0 Å². The highest BCUT2D eigenvalue weighted by Crippen LogP contribution is 2.36. The first-order valence-corrected chi connectivity index (χ1v) is 7.16. The van der Waals surface area contributed by atoms with Gasteiger partial charge in [0.05, 0.1) is 5.92 Å². The number of nitrogens with two attached hydrogens (primary N) is 1. The van der Waals surface area contributed by atoms with Crippen LogP contribution in [0, 0.1) is 5.92 Å². The van der Waals surface area contributed by atoms with E-state index in [4.69, 9.17) is 10.9 Å². The molecule has 118 valence electrons. The van der Waals surface area contributed by atoms with E-state index in [0.29, 0.717) is 24.4 Å². The first-order chi connectivity index (χ1) is 10.5. The van der Waals surface area contributed by atoms with Crippen LogP contribution in [0.3, 0.4) is 0 Å². The number of hydrazine groups is 1. The van der Waals surface area contributed by atoms with Crippen molar-refractivity contribution in [2.24, 2.45) is 11.8 Å². The number of hydrogen-bond donors (Lipinski definition) is 4. The number of anilines is 1. The summed E-state index contributed by atoms with van der Waals surface area (Å²) in [6, 6.07) is 7.23. The Morgan fingerprint density at radius 2 is 1.59 bits per heavy atom. The van der Waals surface area contributed by atoms with Crippen LogP contribution in [0.5, 0.6) is 0 Å². The van der Waals surface area contributed by atoms with E-state index in [1.54, 1.807) is 17.6 Å². The largest absolute Gasteiger partial charge is 0.481 e. The number of benzene rings is 1. The molecule has 1 aliphatic rings. The van der Waals surface area contributed by atoms with Crippen molar-refractivity contribution in [3.63, 3.8) is 0 Å². The minimum Gasteiger partial charge on any atom is -0.481 e. The zero-order valence-electron chi connectivity index (χ0n) is 12.0. The lowest BCUT2D eigenvalue weighted by Gasteiger charge is -2.26. The van der Waals surface area contributed by atoms with Gasteiger partial charge in [0.25, 0.3) is 0 Å². The Kier molecular flexibility index (Phi) is 5.11. The number of carbonyl (C=O) groups excluding carboxylic acids is 2. The Hall–Kier alpha value is -2.41. The smallest absolute Gasteiger partial charge is 0.323 e. The molecular weight excluding hydrogens is 286 g/mol. The quantitative estimate of drug-likeness (QED) is 0.287. The second kappa shape index (κ2) is 7.04. The number of rotatable bonds is 3. The van der Waals surface area contributed by atoms with E-state index in [1.807, 2.05) is 12.1 Å². The Labute approximate surface area is 127 Å². The lowest BCUT2D eigenvalue weighted by Crippen LogP contribution is -2.39. The minimum absolute atomic E-state index is 0.232. The van der Waals surface area contributed by atoms with Gasteiger partial charge in [-0.1, -0.05) is 12.1 Å². The molecule has 1 aromatic rings. The molecule has 0 aromatic heterocycles. The Morgan fingerprint density at radius 1 is 1.00 bits per heavy atom. The van der Waals surface area contributed by atoms with Gasteiger partial charge >= 0.3 is 17.8 Å². The van der Waals surface area contributed by atoms with Crippen LogP contribution < -0.4 is 16.6 Å². The predicted octanol–water partition coefficient (Wildman–Crippen LogP) is 0.973. The molecule has 0 bridgehead atoms. The van der Waals surface area contributed by atoms with Gasteiger partial charge in [-0.3, -0.25) is 19.8 Å². The van der Waals surface area contributed by atoms with Crippen molar-refractivity contribution >= 4 is 23.5 Å². The summed E-state index contributed by atoms with van der Waals surface area (Å²) < 4.78 is 0. The van der Waals surface area contributed by atoms with Crippen LogP contribution in [0.15, 0.2) is 24.3 Å². The van der Waals surface area contributed by atoms with Crippen LogP contribution in [0.25, 0.3) is 0 Å². The van der Waals surface area contributed by atoms with E-state index in [0.717, 1.165) is 18.4 Å². The van der Waals surface area contributed by atoms with Gasteiger partial charge in [0, 0.05) is 5.69 Å². The summed E-state index contributed by atoms with van der Waals surface area (Å²) in [7, 11) is 0. The van der Waals surface area contributed by atoms with Crippen molar-refractivity contribution < 1.29 is 19.5 Å². The molecule has 7 heteroatoms. The molecule has 1 aromatic carbocycles. The lowest BCUT2D eigenvalue weighted by atomic mass is 9.79. The van der Waals surface area contributed by atoms with Crippen molar-refractivity contribution in [1.82, 2.24) is 5.43 Å². The number of carboxylic acid groups (broad SMARTS) is 1. The van der Waals surface area contributed by atoms with E-state index in [2.05, 4.69) is 5.32 Å². The molecule has 7 nitrogen and oxygen atoms in total. The van der Waals surface area contributed by atoms with Crippen molar-refractivity contribution in [2.45, 2.75) is 31.6 Å². The van der Waals surface area contributed by atoms with Gasteiger partial charge in [0.1, 0.15) is 0 Å². The van der Waals surface area contributed by atoms with Gasteiger partial charge in [0.15, 0.2) is 0 Å². The van der Waals surface area contributed by atoms with Gasteiger partial charge in [-0.15, -0.1) is 0 Å². The second-order valence-corrected chi connectivity index (χ2v) is 5.44. The molecule has 0 radical (unpaired) electrons. The summed E-state index contributed by atoms with van der Waals surface area (Å²) in [6.07, 6.45) is 3.07. The van der Waals surface area contributed by atoms with Gasteiger partial charge in [0.2, 0.25) is 0 Å². The van der Waals surface area contributed by atoms with Crippen LogP contribution >= 0.6 is 0 Å². The fourth-order valence-corrected chi connectivity index (χ4v) is 2.77. The molecule has 5 N–H and O–H groups in total. The average molecular weight is 305 g/mol. The number of amides is 2. The number of aliphatic carboxylic acids is 1. The van der Waals surface area contributed by atoms with Gasteiger partial charge in [-0.05, 0) is 49.3 Å². The maximum atomic E-state index is 11.4. The normalized spacial score (nSPS) is 21.0. The maximum Gasteiger partial charge on any atom is 0.323 e. The second-order valence-electron chi connectivity index (χ2n) is 5.44. The van der Waals surface area contributed by atoms with Crippen LogP contribution in [0.1, 0.15) is 37.2 Å². The van der Waals surface area contributed by atoms with E-state index in [-0.39, 0.29) is 5.92 Å². The van der Waals surface area contributed by atoms with Gasteiger partial charge in [-0.25, -0.2) is 5.84 Å². The van der Waals surface area contributed by atoms with Crippen LogP contribution in [0.2, 0.25) is 0 Å². The Balaban J connectivity index is 1.94. The first kappa shape index (κ1) is 16.0. The molecule has 0 heterocycles. The molecule has 0 spiro atoms. The summed E-state index contributed by atoms with van der Waals surface area (Å²) in [5.74, 6) is 2.55. The molecule has 0 aliphatic heterocycles. The van der Waals surface area contributed by atoms with Crippen LogP contribution in [-0.4, -0.2) is 22.9 Å². The molecule has 1 saturated carbocycles. The van der Waals surface area contributed by atoms with Crippen molar-refractivity contribution in [1.29, 1.82) is 0 Å². The van der Waals surface area contributed by atoms with Crippen LogP contribution in [-0.2, 0) is 14.4 Å². The van der Waals surface area contributed by atoms with Crippen molar-refractivity contribution in [3.05, 3.63) is 29.8 Å². The molecular formula is C15H19N3O4. The molecule has 0 saturated heterocycles. The van der Waals surface area contributed by atoms with E-state index in [1.165, 1.54) is 0 Å². The monoisotopic (exact) mass is 305 g/mol. The van der Waals surface area contributed by atoms with E-state index < -0.39 is 17.8 Å². The zero-order chi connectivity index (χ0) is 16.1. The number of carbonyl (C=O) groups is 3. The molecule has 0 atom stereocenters. The molecule has 22 heavy (non-hydrogen) atoms. The topological polar surface area (TPSA) is 122 Å². The highest BCUT2D eigenvalue weighted by Gasteiger charge is 2.26. The highest BCUT2D eigenvalue weighted by molar-refractivity contribution is 6.39. The van der Waals surface area contributed by atoms with Gasteiger partial charge in [-0.2, -0.15) is 0 Å². The highest BCUT2D eigenvalue weighted by atomic mass is 16.4. The Morgan fingerprint density at radius 3 is 2.09 bits per heavy atom. The number of carboxylic acids is 1. The summed E-state index contributed by atoms with van der Waals surface area (Å²) >= 11 is 0. The standard InChI is InChI=1S/C15H19N3O4/c16-18-14(20)13(19)17-12-7-5-10(6-8-12)9-1-3-11(4-2-9)15(21)22/h5-9,11H,1-4,16H2,(H,17,19)(H,18,20)(H,21,22)/t9-,11-. The number of hydrogen-bond acceptors (Lipinski definition) is 4. The first-order valence-electron chi connectivity index (χ1n) is 7.16. The summed E-state index contributed by atoms with van der Waals surface area (Å²) in [4.78, 5) is 33.3. The van der Waals surface area contributed by atoms with Crippen LogP contribution in [0.4, 0.5) is 5.69 Å². The molecule has 1 aliphatic carbocycles. The average Bonchev–Trinajstić information content (AvgIpc) is 2.54. The summed E-state index contributed by atoms with van der Waals surface area (Å²) in [6.45, 7) is 0. The SMILES string of the molecule is NNC(=O)C(=O)Nc1ccc([C@H]2CC[C@H](C(=O)O)CC2)cc1. The third-order valence-corrected chi connectivity index (χ3v) is 4.05. The molecule has 2 rings (SSSR count). The summed E-state index contributed by atoms with van der Waals surface area (Å²) in [5.41, 5.74) is 3.39. The Bertz CT molecular complexity index is 563.